The summed E-state index contributed by atoms with van der Waals surface area (Å²) in [5.41, 5.74) is -0.966. The molecule has 0 radical (unpaired) electrons. The smallest absolute Gasteiger partial charge is 0.227 e. The molecule has 7 heteroatoms. The Hall–Kier alpha value is -0.170. The van der Waals surface area contributed by atoms with Crippen LogP contribution in [-0.2, 0) is 6.18 Å². The number of hydrogen-bond donors (Lipinski definition) is 0. The van der Waals surface area contributed by atoms with Gasteiger partial charge in [0.1, 0.15) is 10.4 Å². The lowest BCUT2D eigenvalue weighted by molar-refractivity contribution is -0.142. The second-order valence-electron chi connectivity index (χ2n) is 2.22. The maximum absolute atomic E-state index is 12.3. The van der Waals surface area contributed by atoms with Crippen molar-refractivity contribution in [2.75, 3.05) is 0 Å². The molecule has 0 bridgehead atoms. The van der Waals surface area contributed by atoms with Crippen LogP contribution >= 0.6 is 31.9 Å². The van der Waals surface area contributed by atoms with Crippen LogP contribution in [-0.4, -0.2) is 9.97 Å². The van der Waals surface area contributed by atoms with Gasteiger partial charge in [-0.1, -0.05) is 0 Å². The zero-order valence-electron chi connectivity index (χ0n) is 6.28. The molecule has 1 heterocycles. The van der Waals surface area contributed by atoms with Crippen molar-refractivity contribution >= 4 is 31.9 Å². The normalized spacial score (nSPS) is 11.8. The Bertz CT molecular complexity index is 337. The molecule has 13 heavy (non-hydrogen) atoms. The predicted molar refractivity (Wildman–Crippen MR) is 47.2 cm³/mol. The molecule has 0 spiro atoms. The highest BCUT2D eigenvalue weighted by Gasteiger charge is 2.36. The molecule has 0 saturated carbocycles. The fraction of sp³-hybridized carbons (Fsp3) is 0.333. The summed E-state index contributed by atoms with van der Waals surface area (Å²) < 4.78 is 36.7. The monoisotopic (exact) mass is 318 g/mol. The maximum atomic E-state index is 12.3. The van der Waals surface area contributed by atoms with E-state index in [0.29, 0.717) is 0 Å². The van der Waals surface area contributed by atoms with E-state index in [1.54, 1.807) is 0 Å². The van der Waals surface area contributed by atoms with Crippen molar-refractivity contribution in [3.8, 4) is 0 Å². The summed E-state index contributed by atoms with van der Waals surface area (Å²) >= 11 is 5.65. The Morgan fingerprint density at radius 3 is 2.15 bits per heavy atom. The Morgan fingerprint density at radius 2 is 1.69 bits per heavy atom. The van der Waals surface area contributed by atoms with Crippen molar-refractivity contribution < 1.29 is 13.2 Å². The topological polar surface area (TPSA) is 25.8 Å². The third kappa shape index (κ3) is 2.40. The van der Waals surface area contributed by atoms with E-state index in [0.717, 1.165) is 0 Å². The maximum Gasteiger partial charge on any atom is 0.434 e. The molecular weight excluding hydrogens is 317 g/mol. The highest BCUT2D eigenvalue weighted by Crippen LogP contribution is 2.36. The molecule has 0 fully saturated rings. The third-order valence-electron chi connectivity index (χ3n) is 1.19. The lowest BCUT2D eigenvalue weighted by atomic mass is 10.4. The molecule has 0 amide bonds. The number of aromatic nitrogens is 2. The summed E-state index contributed by atoms with van der Waals surface area (Å²) in [4.78, 5) is 7.00. The van der Waals surface area contributed by atoms with Crippen LogP contribution in [0.4, 0.5) is 13.2 Å². The second-order valence-corrected chi connectivity index (χ2v) is 3.77. The average molecular weight is 320 g/mol. The van der Waals surface area contributed by atoms with E-state index in [1.807, 2.05) is 0 Å². The average Bonchev–Trinajstić information content (AvgIpc) is 1.94. The third-order valence-corrected chi connectivity index (χ3v) is 3.05. The first kappa shape index (κ1) is 10.9. The van der Waals surface area contributed by atoms with Crippen molar-refractivity contribution in [1.82, 2.24) is 9.97 Å². The largest absolute Gasteiger partial charge is 0.434 e. The highest BCUT2D eigenvalue weighted by atomic mass is 79.9. The first-order valence-electron chi connectivity index (χ1n) is 3.09. The predicted octanol–water partition coefficient (Wildman–Crippen LogP) is 3.33. The minimum absolute atomic E-state index is 0.0717. The molecule has 0 saturated heterocycles. The lowest BCUT2D eigenvalue weighted by Crippen LogP contribution is -2.11. The molecule has 72 valence electrons. The zero-order valence-corrected chi connectivity index (χ0v) is 9.46. The van der Waals surface area contributed by atoms with E-state index < -0.39 is 11.9 Å². The van der Waals surface area contributed by atoms with Crippen LogP contribution in [0.3, 0.4) is 0 Å². The van der Waals surface area contributed by atoms with Gasteiger partial charge in [0.05, 0.1) is 4.47 Å². The quantitative estimate of drug-likeness (QED) is 0.685. The van der Waals surface area contributed by atoms with E-state index in [4.69, 9.17) is 0 Å². The van der Waals surface area contributed by atoms with E-state index in [-0.39, 0.29) is 14.9 Å². The van der Waals surface area contributed by atoms with Gasteiger partial charge < -0.3 is 0 Å². The molecule has 0 atom stereocenters. The Balaban J connectivity index is 3.37. The zero-order chi connectivity index (χ0) is 10.2. The van der Waals surface area contributed by atoms with Gasteiger partial charge in [-0.15, -0.1) is 0 Å². The molecule has 0 aliphatic heterocycles. The van der Waals surface area contributed by atoms with Gasteiger partial charge in [0.15, 0.2) is 5.69 Å². The van der Waals surface area contributed by atoms with Crippen molar-refractivity contribution in [2.24, 2.45) is 0 Å². The molecule has 1 aromatic heterocycles. The highest BCUT2D eigenvalue weighted by molar-refractivity contribution is 9.13. The number of aryl methyl sites for hydroxylation is 1. The molecule has 1 rings (SSSR count). The molecule has 0 aromatic carbocycles. The minimum atomic E-state index is -4.46. The Labute approximate surface area is 88.8 Å². The Kier molecular flexibility index (Phi) is 2.96. The summed E-state index contributed by atoms with van der Waals surface area (Å²) in [6, 6.07) is 0. The van der Waals surface area contributed by atoms with Gasteiger partial charge >= 0.3 is 6.18 Å². The number of nitrogens with zero attached hydrogens (tertiary/aromatic N) is 2. The number of hydrogen-bond acceptors (Lipinski definition) is 2. The summed E-state index contributed by atoms with van der Waals surface area (Å²) in [6.45, 7) is 1.40. The molecule has 1 aromatic rings. The first-order chi connectivity index (χ1) is 5.82. The van der Waals surface area contributed by atoms with Gasteiger partial charge in [-0.05, 0) is 38.8 Å². The van der Waals surface area contributed by atoms with Crippen molar-refractivity contribution in [3.63, 3.8) is 0 Å². The van der Waals surface area contributed by atoms with Crippen LogP contribution in [0, 0.1) is 6.92 Å². The van der Waals surface area contributed by atoms with Crippen LogP contribution in [0.1, 0.15) is 11.5 Å². The van der Waals surface area contributed by atoms with Crippen molar-refractivity contribution in [1.29, 1.82) is 0 Å². The molecule has 0 aliphatic carbocycles. The molecule has 0 unspecified atom stereocenters. The minimum Gasteiger partial charge on any atom is -0.227 e. The van der Waals surface area contributed by atoms with E-state index >= 15 is 0 Å². The number of halogens is 5. The van der Waals surface area contributed by atoms with Crippen molar-refractivity contribution in [2.45, 2.75) is 13.1 Å². The number of alkyl halides is 3. The van der Waals surface area contributed by atoms with Crippen LogP contribution in [0.25, 0.3) is 0 Å². The van der Waals surface area contributed by atoms with Gasteiger partial charge in [0.2, 0.25) is 0 Å². The van der Waals surface area contributed by atoms with Crippen LogP contribution in [0.5, 0.6) is 0 Å². The van der Waals surface area contributed by atoms with E-state index in [2.05, 4.69) is 41.8 Å². The first-order valence-corrected chi connectivity index (χ1v) is 4.68. The van der Waals surface area contributed by atoms with E-state index in [9.17, 15) is 13.2 Å². The van der Waals surface area contributed by atoms with Gasteiger partial charge in [0.25, 0.3) is 0 Å². The standard InChI is InChI=1S/C6H3Br2F3N2/c1-2-12-4(6(9,10)11)3(7)5(8)13-2/h1H3. The fourth-order valence-corrected chi connectivity index (χ4v) is 1.56. The van der Waals surface area contributed by atoms with Gasteiger partial charge in [-0.3, -0.25) is 0 Å². The second kappa shape index (κ2) is 3.53. The molecule has 2 nitrogen and oxygen atoms in total. The fourth-order valence-electron chi connectivity index (χ4n) is 0.713. The summed E-state index contributed by atoms with van der Waals surface area (Å²) in [5.74, 6) is 0.0717. The summed E-state index contributed by atoms with van der Waals surface area (Å²) in [7, 11) is 0. The Morgan fingerprint density at radius 1 is 1.15 bits per heavy atom. The van der Waals surface area contributed by atoms with Crippen molar-refractivity contribution in [3.05, 3.63) is 20.6 Å². The van der Waals surface area contributed by atoms with E-state index in [1.165, 1.54) is 6.92 Å². The SMILES string of the molecule is Cc1nc(Br)c(Br)c(C(F)(F)F)n1. The van der Waals surface area contributed by atoms with Crippen LogP contribution in [0.15, 0.2) is 9.08 Å². The van der Waals surface area contributed by atoms with Gasteiger partial charge in [0, 0.05) is 0 Å². The van der Waals surface area contributed by atoms with Gasteiger partial charge in [-0.2, -0.15) is 13.2 Å². The molecule has 0 N–H and O–H groups in total. The van der Waals surface area contributed by atoms with Gasteiger partial charge in [-0.25, -0.2) is 9.97 Å². The molecule has 0 aliphatic rings. The number of rotatable bonds is 0. The summed E-state index contributed by atoms with van der Waals surface area (Å²) in [5, 5.41) is 0. The lowest BCUT2D eigenvalue weighted by Gasteiger charge is -2.09. The van der Waals surface area contributed by atoms with Crippen LogP contribution < -0.4 is 0 Å². The summed E-state index contributed by atoms with van der Waals surface area (Å²) in [6.07, 6.45) is -4.46. The van der Waals surface area contributed by atoms with Crippen LogP contribution in [0.2, 0.25) is 0 Å². The molecular formula is C6H3Br2F3N2.